The van der Waals surface area contributed by atoms with Crippen molar-refractivity contribution in [3.05, 3.63) is 35.7 Å². The molecule has 2 amide bonds. The van der Waals surface area contributed by atoms with E-state index in [2.05, 4.69) is 46.3 Å². The normalized spacial score (nSPS) is 15.2. The molecular formula is C23H33N5O3. The first-order valence-corrected chi connectivity index (χ1v) is 11.2. The molecule has 2 heterocycles. The molecule has 0 unspecified atom stereocenters. The second-order valence-electron chi connectivity index (χ2n) is 8.25. The van der Waals surface area contributed by atoms with E-state index in [1.165, 1.54) is 5.56 Å². The maximum atomic E-state index is 12.7. The van der Waals surface area contributed by atoms with Gasteiger partial charge in [-0.05, 0) is 24.8 Å². The van der Waals surface area contributed by atoms with Crippen molar-refractivity contribution in [3.8, 4) is 11.4 Å². The highest BCUT2D eigenvalue weighted by Gasteiger charge is 2.21. The molecule has 8 heteroatoms. The van der Waals surface area contributed by atoms with E-state index in [-0.39, 0.29) is 11.8 Å². The number of amides is 2. The lowest BCUT2D eigenvalue weighted by Crippen LogP contribution is -2.40. The summed E-state index contributed by atoms with van der Waals surface area (Å²) in [6, 6.07) is 8.15. The number of benzene rings is 1. The smallest absolute Gasteiger partial charge is 0.234 e. The Hall–Kier alpha value is -2.74. The van der Waals surface area contributed by atoms with Gasteiger partial charge in [-0.3, -0.25) is 14.5 Å². The summed E-state index contributed by atoms with van der Waals surface area (Å²) in [5.41, 5.74) is 2.17. The Morgan fingerprint density at radius 1 is 1.13 bits per heavy atom. The lowest BCUT2D eigenvalue weighted by Gasteiger charge is -2.21. The Bertz CT molecular complexity index is 862. The number of carbonyl (C=O) groups is 2. The van der Waals surface area contributed by atoms with Gasteiger partial charge in [-0.15, -0.1) is 0 Å². The molecule has 1 saturated heterocycles. The van der Waals surface area contributed by atoms with Gasteiger partial charge in [0.1, 0.15) is 0 Å². The largest absolute Gasteiger partial charge is 0.355 e. The fourth-order valence-electron chi connectivity index (χ4n) is 3.70. The van der Waals surface area contributed by atoms with Crippen molar-refractivity contribution in [2.24, 2.45) is 0 Å². The molecule has 1 aliphatic rings. The van der Waals surface area contributed by atoms with E-state index >= 15 is 0 Å². The van der Waals surface area contributed by atoms with Gasteiger partial charge >= 0.3 is 0 Å². The van der Waals surface area contributed by atoms with Crippen LogP contribution in [-0.4, -0.2) is 71.0 Å². The summed E-state index contributed by atoms with van der Waals surface area (Å²) in [4.78, 5) is 32.9. The molecule has 31 heavy (non-hydrogen) atoms. The molecule has 0 aliphatic carbocycles. The molecule has 8 nitrogen and oxygen atoms in total. The van der Waals surface area contributed by atoms with Crippen LogP contribution < -0.4 is 5.32 Å². The highest BCUT2D eigenvalue weighted by Crippen LogP contribution is 2.21. The van der Waals surface area contributed by atoms with Gasteiger partial charge in [-0.25, -0.2) is 0 Å². The summed E-state index contributed by atoms with van der Waals surface area (Å²) >= 11 is 0. The van der Waals surface area contributed by atoms with E-state index in [1.54, 1.807) is 0 Å². The monoisotopic (exact) mass is 427 g/mol. The highest BCUT2D eigenvalue weighted by molar-refractivity contribution is 5.78. The zero-order valence-corrected chi connectivity index (χ0v) is 18.8. The van der Waals surface area contributed by atoms with Crippen LogP contribution in [0.3, 0.4) is 0 Å². The molecule has 0 atom stereocenters. The molecule has 0 saturated carbocycles. The maximum absolute atomic E-state index is 12.7. The predicted octanol–water partition coefficient (Wildman–Crippen LogP) is 2.46. The molecule has 1 N–H and O–H groups in total. The first kappa shape index (κ1) is 22.9. The van der Waals surface area contributed by atoms with Crippen LogP contribution in [0.15, 0.2) is 28.8 Å². The van der Waals surface area contributed by atoms with Crippen LogP contribution in [0.5, 0.6) is 0 Å². The fourth-order valence-corrected chi connectivity index (χ4v) is 3.70. The van der Waals surface area contributed by atoms with Crippen LogP contribution >= 0.6 is 0 Å². The second kappa shape index (κ2) is 11.0. The van der Waals surface area contributed by atoms with E-state index in [0.29, 0.717) is 63.2 Å². The Morgan fingerprint density at radius 3 is 2.61 bits per heavy atom. The number of likely N-dealkylation sites (N-methyl/N-ethyl adjacent to an activating group) is 1. The Morgan fingerprint density at radius 2 is 1.90 bits per heavy atom. The average molecular weight is 428 g/mol. The lowest BCUT2D eigenvalue weighted by atomic mass is 10.0. The van der Waals surface area contributed by atoms with Gasteiger partial charge in [0.15, 0.2) is 0 Å². The van der Waals surface area contributed by atoms with E-state index in [4.69, 9.17) is 4.52 Å². The van der Waals surface area contributed by atoms with Gasteiger partial charge in [0.25, 0.3) is 0 Å². The minimum Gasteiger partial charge on any atom is -0.355 e. The second-order valence-corrected chi connectivity index (χ2v) is 8.25. The summed E-state index contributed by atoms with van der Waals surface area (Å²) in [6.45, 7) is 10.1. The van der Waals surface area contributed by atoms with E-state index in [1.807, 2.05) is 24.0 Å². The number of rotatable bonds is 8. The summed E-state index contributed by atoms with van der Waals surface area (Å²) < 4.78 is 5.36. The van der Waals surface area contributed by atoms with Crippen LogP contribution in [0.25, 0.3) is 11.4 Å². The Balaban J connectivity index is 1.48. The fraction of sp³-hybridized carbons (Fsp3) is 0.565. The van der Waals surface area contributed by atoms with Crippen molar-refractivity contribution in [1.29, 1.82) is 0 Å². The van der Waals surface area contributed by atoms with Crippen LogP contribution in [-0.2, 0) is 16.0 Å². The summed E-state index contributed by atoms with van der Waals surface area (Å²) in [6.07, 6.45) is 1.63. The van der Waals surface area contributed by atoms with Crippen molar-refractivity contribution in [1.82, 2.24) is 25.3 Å². The predicted molar refractivity (Wildman–Crippen MR) is 118 cm³/mol. The number of nitrogens with zero attached hydrogens (tertiary/aromatic N) is 4. The van der Waals surface area contributed by atoms with Gasteiger partial charge in [0.05, 0.1) is 6.54 Å². The third kappa shape index (κ3) is 6.62. The van der Waals surface area contributed by atoms with Gasteiger partial charge in [0, 0.05) is 51.1 Å². The number of aryl methyl sites for hydroxylation is 1. The van der Waals surface area contributed by atoms with Crippen molar-refractivity contribution >= 4 is 11.8 Å². The third-order valence-electron chi connectivity index (χ3n) is 5.54. The van der Waals surface area contributed by atoms with Crippen molar-refractivity contribution in [2.75, 3.05) is 39.3 Å². The zero-order chi connectivity index (χ0) is 22.2. The van der Waals surface area contributed by atoms with Gasteiger partial charge in [-0.1, -0.05) is 43.3 Å². The molecule has 1 aliphatic heterocycles. The Kier molecular flexibility index (Phi) is 8.17. The quantitative estimate of drug-likeness (QED) is 0.696. The van der Waals surface area contributed by atoms with Crippen LogP contribution in [0.4, 0.5) is 0 Å². The molecule has 168 valence electrons. The molecular weight excluding hydrogens is 394 g/mol. The van der Waals surface area contributed by atoms with Crippen molar-refractivity contribution in [2.45, 2.75) is 46.0 Å². The highest BCUT2D eigenvalue weighted by atomic mass is 16.5. The van der Waals surface area contributed by atoms with E-state index in [9.17, 15) is 9.59 Å². The molecule has 1 aromatic heterocycles. The topological polar surface area (TPSA) is 91.6 Å². The van der Waals surface area contributed by atoms with E-state index in [0.717, 1.165) is 18.5 Å². The number of carbonyl (C=O) groups excluding carboxylic acids is 2. The SMILES string of the molecule is CCNC(=O)CN1CCCN(C(=O)CCc2nc(-c3ccc(C(C)C)cc3)no2)CC1. The third-order valence-corrected chi connectivity index (χ3v) is 5.54. The first-order chi connectivity index (χ1) is 15.0. The zero-order valence-electron chi connectivity index (χ0n) is 18.8. The van der Waals surface area contributed by atoms with Gasteiger partial charge in [0.2, 0.25) is 23.5 Å². The summed E-state index contributed by atoms with van der Waals surface area (Å²) in [5, 5.41) is 6.89. The summed E-state index contributed by atoms with van der Waals surface area (Å²) in [7, 11) is 0. The summed E-state index contributed by atoms with van der Waals surface area (Å²) in [5.74, 6) is 1.62. The van der Waals surface area contributed by atoms with E-state index < -0.39 is 0 Å². The van der Waals surface area contributed by atoms with Crippen LogP contribution in [0.1, 0.15) is 51.0 Å². The van der Waals surface area contributed by atoms with Crippen molar-refractivity contribution < 1.29 is 14.1 Å². The van der Waals surface area contributed by atoms with Gasteiger partial charge < -0.3 is 14.7 Å². The first-order valence-electron chi connectivity index (χ1n) is 11.2. The van der Waals surface area contributed by atoms with Crippen LogP contribution in [0, 0.1) is 0 Å². The lowest BCUT2D eigenvalue weighted by molar-refractivity contribution is -0.131. The number of nitrogens with one attached hydrogen (secondary N) is 1. The van der Waals surface area contributed by atoms with Gasteiger partial charge in [-0.2, -0.15) is 4.98 Å². The molecule has 3 rings (SSSR count). The van der Waals surface area contributed by atoms with Crippen molar-refractivity contribution in [3.63, 3.8) is 0 Å². The average Bonchev–Trinajstić information content (AvgIpc) is 3.11. The molecule has 1 fully saturated rings. The molecule has 0 radical (unpaired) electrons. The standard InChI is InChI=1S/C23H33N5O3/c1-4-24-20(29)16-27-12-5-13-28(15-14-27)22(30)11-10-21-25-23(26-31-21)19-8-6-18(7-9-19)17(2)3/h6-9,17H,4-5,10-16H2,1-3H3,(H,24,29). The molecule has 0 spiro atoms. The van der Waals surface area contributed by atoms with Crippen LogP contribution in [0.2, 0.25) is 0 Å². The Labute approximate surface area is 184 Å². The minimum atomic E-state index is 0.0355. The number of hydrogen-bond donors (Lipinski definition) is 1. The number of hydrogen-bond acceptors (Lipinski definition) is 6. The minimum absolute atomic E-state index is 0.0355. The number of aromatic nitrogens is 2. The molecule has 2 aromatic rings. The molecule has 0 bridgehead atoms. The molecule has 1 aromatic carbocycles. The maximum Gasteiger partial charge on any atom is 0.234 e.